The van der Waals surface area contributed by atoms with E-state index < -0.39 is 6.10 Å². The Morgan fingerprint density at radius 2 is 2.50 bits per heavy atom. The molecule has 2 atom stereocenters. The Hall–Kier alpha value is -0.580. The van der Waals surface area contributed by atoms with Crippen LogP contribution in [-0.2, 0) is 11.3 Å². The largest absolute Gasteiger partial charge is 0.387 e. The van der Waals surface area contributed by atoms with E-state index in [1.165, 1.54) is 0 Å². The van der Waals surface area contributed by atoms with E-state index in [4.69, 9.17) is 16.3 Å². The van der Waals surface area contributed by atoms with E-state index in [0.29, 0.717) is 17.5 Å². The minimum atomic E-state index is -0.546. The second-order valence-corrected chi connectivity index (χ2v) is 5.24. The fourth-order valence-corrected chi connectivity index (χ4v) is 2.71. The topological polar surface area (TPSA) is 47.3 Å². The molecule has 0 radical (unpaired) electrons. The zero-order valence-corrected chi connectivity index (χ0v) is 11.6. The van der Waals surface area contributed by atoms with Crippen LogP contribution in [0, 0.1) is 0 Å². The van der Waals surface area contributed by atoms with E-state index in [1.807, 2.05) is 4.68 Å². The third kappa shape index (κ3) is 3.25. The molecule has 1 aliphatic rings. The van der Waals surface area contributed by atoms with Gasteiger partial charge in [0.05, 0.1) is 29.1 Å². The van der Waals surface area contributed by atoms with Crippen LogP contribution in [0.3, 0.4) is 0 Å². The second kappa shape index (κ2) is 6.55. The molecule has 0 saturated carbocycles. The standard InChI is InChI=1S/C13H21ClN2O2/c1-2-7-16-13(11(14)9-15-16)12(17)6-5-10-4-3-8-18-10/h9-10,12,17H,2-8H2,1H3. The van der Waals surface area contributed by atoms with Crippen LogP contribution in [0.1, 0.15) is 50.8 Å². The van der Waals surface area contributed by atoms with Gasteiger partial charge in [0, 0.05) is 13.2 Å². The first-order chi connectivity index (χ1) is 8.72. The van der Waals surface area contributed by atoms with Crippen LogP contribution < -0.4 is 0 Å². The fraction of sp³-hybridized carbons (Fsp3) is 0.769. The van der Waals surface area contributed by atoms with Gasteiger partial charge in [0.25, 0.3) is 0 Å². The summed E-state index contributed by atoms with van der Waals surface area (Å²) in [5.41, 5.74) is 0.747. The van der Waals surface area contributed by atoms with Crippen molar-refractivity contribution in [2.45, 2.75) is 57.8 Å². The van der Waals surface area contributed by atoms with E-state index in [9.17, 15) is 5.11 Å². The van der Waals surface area contributed by atoms with E-state index in [-0.39, 0.29) is 0 Å². The average Bonchev–Trinajstić information content (AvgIpc) is 2.97. The van der Waals surface area contributed by atoms with Gasteiger partial charge in [0.15, 0.2) is 0 Å². The van der Waals surface area contributed by atoms with Crippen molar-refractivity contribution >= 4 is 11.6 Å². The highest BCUT2D eigenvalue weighted by molar-refractivity contribution is 6.31. The van der Waals surface area contributed by atoms with E-state index in [1.54, 1.807) is 6.20 Å². The maximum atomic E-state index is 10.3. The first kappa shape index (κ1) is 13.8. The highest BCUT2D eigenvalue weighted by Crippen LogP contribution is 2.28. The third-order valence-electron chi connectivity index (χ3n) is 3.37. The van der Waals surface area contributed by atoms with Gasteiger partial charge < -0.3 is 9.84 Å². The third-order valence-corrected chi connectivity index (χ3v) is 3.66. The van der Waals surface area contributed by atoms with Gasteiger partial charge in [0.1, 0.15) is 0 Å². The molecule has 102 valence electrons. The van der Waals surface area contributed by atoms with E-state index in [2.05, 4.69) is 12.0 Å². The minimum absolute atomic E-state index is 0.306. The lowest BCUT2D eigenvalue weighted by molar-refractivity contribution is 0.0788. The summed E-state index contributed by atoms with van der Waals surface area (Å²) < 4.78 is 7.37. The lowest BCUT2D eigenvalue weighted by atomic mass is 10.1. The number of aliphatic hydroxyl groups excluding tert-OH is 1. The molecule has 1 N–H and O–H groups in total. The predicted octanol–water partition coefficient (Wildman–Crippen LogP) is 2.94. The molecular weight excluding hydrogens is 252 g/mol. The Morgan fingerprint density at radius 3 is 3.17 bits per heavy atom. The molecule has 0 aromatic carbocycles. The molecule has 2 heterocycles. The summed E-state index contributed by atoms with van der Waals surface area (Å²) in [5.74, 6) is 0. The number of aliphatic hydroxyl groups is 1. The van der Waals surface area contributed by atoms with Crippen LogP contribution in [0.4, 0.5) is 0 Å². The van der Waals surface area contributed by atoms with Crippen molar-refractivity contribution < 1.29 is 9.84 Å². The molecule has 4 nitrogen and oxygen atoms in total. The average molecular weight is 273 g/mol. The van der Waals surface area contributed by atoms with Gasteiger partial charge in [-0.25, -0.2) is 0 Å². The molecule has 1 aliphatic heterocycles. The number of hydrogen-bond acceptors (Lipinski definition) is 3. The van der Waals surface area contributed by atoms with Gasteiger partial charge in [-0.15, -0.1) is 0 Å². The zero-order valence-electron chi connectivity index (χ0n) is 10.8. The molecule has 2 rings (SSSR count). The van der Waals surface area contributed by atoms with Crippen molar-refractivity contribution in [1.82, 2.24) is 9.78 Å². The molecule has 0 bridgehead atoms. The summed E-state index contributed by atoms with van der Waals surface area (Å²) in [5, 5.41) is 15.0. The molecular formula is C13H21ClN2O2. The highest BCUT2D eigenvalue weighted by atomic mass is 35.5. The molecule has 0 spiro atoms. The number of halogens is 1. The number of rotatable bonds is 6. The summed E-state index contributed by atoms with van der Waals surface area (Å²) in [6, 6.07) is 0. The summed E-state index contributed by atoms with van der Waals surface area (Å²) >= 11 is 6.10. The van der Waals surface area contributed by atoms with Crippen LogP contribution in [0.25, 0.3) is 0 Å². The second-order valence-electron chi connectivity index (χ2n) is 4.83. The SMILES string of the molecule is CCCn1ncc(Cl)c1C(O)CCC1CCCO1. The number of nitrogens with zero attached hydrogens (tertiary/aromatic N) is 2. The van der Waals surface area contributed by atoms with Crippen LogP contribution in [0.5, 0.6) is 0 Å². The summed E-state index contributed by atoms with van der Waals surface area (Å²) in [4.78, 5) is 0. The highest BCUT2D eigenvalue weighted by Gasteiger charge is 2.21. The van der Waals surface area contributed by atoms with Gasteiger partial charge in [-0.05, 0) is 32.1 Å². The van der Waals surface area contributed by atoms with Crippen LogP contribution >= 0.6 is 11.6 Å². The molecule has 1 aromatic rings. The fourth-order valence-electron chi connectivity index (χ4n) is 2.45. The summed E-state index contributed by atoms with van der Waals surface area (Å²) in [6.07, 6.45) is 6.15. The number of aromatic nitrogens is 2. The number of ether oxygens (including phenoxy) is 1. The van der Waals surface area contributed by atoms with Crippen molar-refractivity contribution in [2.24, 2.45) is 0 Å². The van der Waals surface area contributed by atoms with Crippen molar-refractivity contribution in [1.29, 1.82) is 0 Å². The Labute approximate surface area is 113 Å². The molecule has 5 heteroatoms. The van der Waals surface area contributed by atoms with Gasteiger partial charge in [-0.2, -0.15) is 5.10 Å². The first-order valence-electron chi connectivity index (χ1n) is 6.73. The van der Waals surface area contributed by atoms with E-state index >= 15 is 0 Å². The minimum Gasteiger partial charge on any atom is -0.387 e. The molecule has 18 heavy (non-hydrogen) atoms. The summed E-state index contributed by atoms with van der Waals surface area (Å²) in [6.45, 7) is 3.73. The quantitative estimate of drug-likeness (QED) is 0.866. The van der Waals surface area contributed by atoms with Crippen LogP contribution in [0.2, 0.25) is 5.02 Å². The Morgan fingerprint density at radius 1 is 1.67 bits per heavy atom. The van der Waals surface area contributed by atoms with Crippen molar-refractivity contribution in [2.75, 3.05) is 6.61 Å². The van der Waals surface area contributed by atoms with Crippen molar-refractivity contribution in [3.8, 4) is 0 Å². The van der Waals surface area contributed by atoms with Gasteiger partial charge in [-0.3, -0.25) is 4.68 Å². The molecule has 0 aliphatic carbocycles. The van der Waals surface area contributed by atoms with Crippen molar-refractivity contribution in [3.05, 3.63) is 16.9 Å². The Bertz CT molecular complexity index is 375. The van der Waals surface area contributed by atoms with Crippen molar-refractivity contribution in [3.63, 3.8) is 0 Å². The number of aryl methyl sites for hydroxylation is 1. The molecule has 1 saturated heterocycles. The summed E-state index contributed by atoms with van der Waals surface area (Å²) in [7, 11) is 0. The first-order valence-corrected chi connectivity index (χ1v) is 7.11. The molecule has 2 unspecified atom stereocenters. The lowest BCUT2D eigenvalue weighted by Gasteiger charge is -2.16. The predicted molar refractivity (Wildman–Crippen MR) is 70.7 cm³/mol. The van der Waals surface area contributed by atoms with E-state index in [0.717, 1.165) is 44.5 Å². The van der Waals surface area contributed by atoms with Gasteiger partial charge >= 0.3 is 0 Å². The molecule has 1 aromatic heterocycles. The van der Waals surface area contributed by atoms with Crippen LogP contribution in [0.15, 0.2) is 6.20 Å². The molecule has 1 fully saturated rings. The number of hydrogen-bond donors (Lipinski definition) is 1. The van der Waals surface area contributed by atoms with Crippen LogP contribution in [-0.4, -0.2) is 27.6 Å². The smallest absolute Gasteiger partial charge is 0.0972 e. The Kier molecular flexibility index (Phi) is 5.03. The maximum Gasteiger partial charge on any atom is 0.0972 e. The monoisotopic (exact) mass is 272 g/mol. The maximum absolute atomic E-state index is 10.3. The van der Waals surface area contributed by atoms with Gasteiger partial charge in [0.2, 0.25) is 0 Å². The molecule has 0 amide bonds. The Balaban J connectivity index is 1.94. The zero-order chi connectivity index (χ0) is 13.0. The van der Waals surface area contributed by atoms with Gasteiger partial charge in [-0.1, -0.05) is 18.5 Å². The lowest BCUT2D eigenvalue weighted by Crippen LogP contribution is -2.12. The normalized spacial score (nSPS) is 21.4.